The van der Waals surface area contributed by atoms with Crippen LogP contribution in [0.1, 0.15) is 10.4 Å². The van der Waals surface area contributed by atoms with Gasteiger partial charge in [-0.05, 0) is 40.2 Å². The number of pyridine rings is 1. The molecule has 0 unspecified atom stereocenters. The number of rotatable bonds is 2. The molecule has 92 valence electrons. The minimum atomic E-state index is -0.735. The van der Waals surface area contributed by atoms with Crippen molar-refractivity contribution < 1.29 is 9.18 Å². The van der Waals surface area contributed by atoms with Crippen LogP contribution < -0.4 is 5.32 Å². The minimum absolute atomic E-state index is 0.0865. The van der Waals surface area contributed by atoms with E-state index in [9.17, 15) is 9.18 Å². The van der Waals surface area contributed by atoms with Crippen molar-refractivity contribution in [3.8, 4) is 0 Å². The Morgan fingerprint density at radius 1 is 1.33 bits per heavy atom. The molecule has 0 atom stereocenters. The molecule has 0 aliphatic carbocycles. The van der Waals surface area contributed by atoms with Gasteiger partial charge in [-0.15, -0.1) is 0 Å². The Morgan fingerprint density at radius 2 is 2.11 bits per heavy atom. The first kappa shape index (κ1) is 13.0. The number of amides is 1. The zero-order chi connectivity index (χ0) is 13.1. The molecule has 1 aromatic heterocycles. The second-order valence-corrected chi connectivity index (χ2v) is 4.64. The summed E-state index contributed by atoms with van der Waals surface area (Å²) in [6, 6.07) is 7.58. The van der Waals surface area contributed by atoms with Crippen LogP contribution in [0.15, 0.2) is 41.1 Å². The highest BCUT2D eigenvalue weighted by Gasteiger charge is 2.14. The van der Waals surface area contributed by atoms with Gasteiger partial charge in [-0.1, -0.05) is 17.7 Å². The van der Waals surface area contributed by atoms with Crippen LogP contribution >= 0.6 is 27.5 Å². The molecule has 3 nitrogen and oxygen atoms in total. The number of hydrogen-bond donors (Lipinski definition) is 1. The van der Waals surface area contributed by atoms with Gasteiger partial charge in [0.05, 0.1) is 22.5 Å². The van der Waals surface area contributed by atoms with E-state index in [2.05, 4.69) is 26.2 Å². The van der Waals surface area contributed by atoms with E-state index in [1.807, 2.05) is 0 Å². The van der Waals surface area contributed by atoms with Crippen molar-refractivity contribution in [2.75, 3.05) is 5.32 Å². The zero-order valence-corrected chi connectivity index (χ0v) is 11.3. The van der Waals surface area contributed by atoms with Crippen molar-refractivity contribution >= 4 is 39.1 Å². The highest BCUT2D eigenvalue weighted by atomic mass is 79.9. The summed E-state index contributed by atoms with van der Waals surface area (Å²) < 4.78 is 14.3. The van der Waals surface area contributed by atoms with E-state index in [0.717, 1.165) is 0 Å². The van der Waals surface area contributed by atoms with Crippen LogP contribution in [-0.2, 0) is 0 Å². The fraction of sp³-hybridized carbons (Fsp3) is 0. The zero-order valence-electron chi connectivity index (χ0n) is 8.95. The molecule has 1 heterocycles. The Morgan fingerprint density at radius 3 is 2.78 bits per heavy atom. The van der Waals surface area contributed by atoms with Gasteiger partial charge < -0.3 is 5.32 Å². The summed E-state index contributed by atoms with van der Waals surface area (Å²) in [5.74, 6) is -1.30. The number of anilines is 1. The molecule has 1 N–H and O–H groups in total. The Labute approximate surface area is 116 Å². The second kappa shape index (κ2) is 5.46. The van der Waals surface area contributed by atoms with Crippen molar-refractivity contribution in [2.45, 2.75) is 0 Å². The summed E-state index contributed by atoms with van der Waals surface area (Å²) in [5.41, 5.74) is 0.369. The van der Waals surface area contributed by atoms with Crippen LogP contribution in [0.4, 0.5) is 10.1 Å². The molecule has 0 bridgehead atoms. The molecule has 0 aliphatic heterocycles. The summed E-state index contributed by atoms with van der Waals surface area (Å²) in [7, 11) is 0. The van der Waals surface area contributed by atoms with Gasteiger partial charge in [-0.25, -0.2) is 9.37 Å². The van der Waals surface area contributed by atoms with Crippen molar-refractivity contribution in [1.82, 2.24) is 4.98 Å². The topological polar surface area (TPSA) is 42.0 Å². The van der Waals surface area contributed by atoms with Gasteiger partial charge in [0.1, 0.15) is 4.60 Å². The minimum Gasteiger partial charge on any atom is -0.320 e. The van der Waals surface area contributed by atoms with Gasteiger partial charge in [0.2, 0.25) is 0 Å². The third-order valence-corrected chi connectivity index (χ3v) is 2.94. The number of carbonyl (C=O) groups is 1. The molecular formula is C12H7BrClFN2O. The Balaban J connectivity index is 2.22. The fourth-order valence-corrected chi connectivity index (χ4v) is 1.74. The average molecular weight is 330 g/mol. The van der Waals surface area contributed by atoms with Crippen molar-refractivity contribution in [3.63, 3.8) is 0 Å². The number of aromatic nitrogens is 1. The summed E-state index contributed by atoms with van der Waals surface area (Å²) in [4.78, 5) is 15.8. The molecule has 18 heavy (non-hydrogen) atoms. The molecule has 1 amide bonds. The van der Waals surface area contributed by atoms with Gasteiger partial charge >= 0.3 is 0 Å². The lowest BCUT2D eigenvalue weighted by molar-refractivity contribution is 0.102. The molecule has 0 aliphatic rings. The monoisotopic (exact) mass is 328 g/mol. The molecule has 0 radical (unpaired) electrons. The molecule has 2 aromatic rings. The van der Waals surface area contributed by atoms with Crippen LogP contribution in [0.5, 0.6) is 0 Å². The van der Waals surface area contributed by atoms with Gasteiger partial charge in [-0.3, -0.25) is 4.79 Å². The van der Waals surface area contributed by atoms with Crippen LogP contribution in [-0.4, -0.2) is 10.9 Å². The van der Waals surface area contributed by atoms with E-state index >= 15 is 0 Å². The SMILES string of the molecule is O=C(Nc1ccc(Br)nc1)c1cccc(Cl)c1F. The first-order chi connectivity index (χ1) is 8.58. The van der Waals surface area contributed by atoms with Crippen LogP contribution in [0.25, 0.3) is 0 Å². The summed E-state index contributed by atoms with van der Waals surface area (Å²) >= 11 is 8.78. The standard InChI is InChI=1S/C12H7BrClFN2O/c13-10-5-4-7(6-16-10)17-12(18)8-2-1-3-9(14)11(8)15/h1-6H,(H,17,18). The fourth-order valence-electron chi connectivity index (χ4n) is 1.33. The number of nitrogens with one attached hydrogen (secondary N) is 1. The van der Waals surface area contributed by atoms with Gasteiger partial charge in [0.15, 0.2) is 5.82 Å². The molecule has 0 saturated carbocycles. The quantitative estimate of drug-likeness (QED) is 0.849. The number of hydrogen-bond acceptors (Lipinski definition) is 2. The molecule has 1 aromatic carbocycles. The molecule has 6 heteroatoms. The summed E-state index contributed by atoms with van der Waals surface area (Å²) in [6.45, 7) is 0. The summed E-state index contributed by atoms with van der Waals surface area (Å²) in [5, 5.41) is 2.45. The number of carbonyl (C=O) groups excluding carboxylic acids is 1. The van der Waals surface area contributed by atoms with E-state index < -0.39 is 11.7 Å². The molecule has 2 rings (SSSR count). The van der Waals surface area contributed by atoms with E-state index in [4.69, 9.17) is 11.6 Å². The predicted octanol–water partition coefficient (Wildman–Crippen LogP) is 3.89. The lowest BCUT2D eigenvalue weighted by Gasteiger charge is -2.06. The van der Waals surface area contributed by atoms with Crippen LogP contribution in [0, 0.1) is 5.82 Å². The molecule has 0 spiro atoms. The van der Waals surface area contributed by atoms with Crippen molar-refractivity contribution in [2.24, 2.45) is 0 Å². The maximum Gasteiger partial charge on any atom is 0.258 e. The van der Waals surface area contributed by atoms with Crippen LogP contribution in [0.2, 0.25) is 5.02 Å². The maximum absolute atomic E-state index is 13.6. The highest BCUT2D eigenvalue weighted by molar-refractivity contribution is 9.10. The lowest BCUT2D eigenvalue weighted by Crippen LogP contribution is -2.14. The predicted molar refractivity (Wildman–Crippen MR) is 71.3 cm³/mol. The molecule has 0 saturated heterocycles. The highest BCUT2D eigenvalue weighted by Crippen LogP contribution is 2.19. The van der Waals surface area contributed by atoms with Gasteiger partial charge in [0, 0.05) is 0 Å². The molecular weight excluding hydrogens is 322 g/mol. The first-order valence-electron chi connectivity index (χ1n) is 4.95. The molecule has 0 fully saturated rings. The van der Waals surface area contributed by atoms with E-state index in [0.29, 0.717) is 10.3 Å². The average Bonchev–Trinajstić information content (AvgIpc) is 2.35. The number of halogens is 3. The third kappa shape index (κ3) is 2.86. The van der Waals surface area contributed by atoms with Gasteiger partial charge in [-0.2, -0.15) is 0 Å². The number of nitrogens with zero attached hydrogens (tertiary/aromatic N) is 1. The Bertz CT molecular complexity index is 589. The second-order valence-electron chi connectivity index (χ2n) is 3.43. The smallest absolute Gasteiger partial charge is 0.258 e. The maximum atomic E-state index is 13.6. The van der Waals surface area contributed by atoms with Gasteiger partial charge in [0.25, 0.3) is 5.91 Å². The van der Waals surface area contributed by atoms with E-state index in [-0.39, 0.29) is 10.6 Å². The van der Waals surface area contributed by atoms with E-state index in [1.54, 1.807) is 12.1 Å². The van der Waals surface area contributed by atoms with Crippen LogP contribution in [0.3, 0.4) is 0 Å². The normalized spacial score (nSPS) is 10.2. The lowest BCUT2D eigenvalue weighted by atomic mass is 10.2. The van der Waals surface area contributed by atoms with E-state index in [1.165, 1.54) is 24.4 Å². The Kier molecular flexibility index (Phi) is 3.93. The van der Waals surface area contributed by atoms with Crippen molar-refractivity contribution in [3.05, 3.63) is 57.5 Å². The number of benzene rings is 1. The summed E-state index contributed by atoms with van der Waals surface area (Å²) in [6.07, 6.45) is 1.46. The Hall–Kier alpha value is -1.46. The third-order valence-electron chi connectivity index (χ3n) is 2.18. The first-order valence-corrected chi connectivity index (χ1v) is 6.12. The largest absolute Gasteiger partial charge is 0.320 e. The van der Waals surface area contributed by atoms with Crippen molar-refractivity contribution in [1.29, 1.82) is 0 Å².